The van der Waals surface area contributed by atoms with Gasteiger partial charge in [-0.2, -0.15) is 0 Å². The van der Waals surface area contributed by atoms with Gasteiger partial charge in [-0.3, -0.25) is 14.1 Å². The molecule has 2 aromatic heterocycles. The highest BCUT2D eigenvalue weighted by atomic mass is 35.5. The van der Waals surface area contributed by atoms with Gasteiger partial charge in [-0.15, -0.1) is 24.8 Å². The van der Waals surface area contributed by atoms with Gasteiger partial charge >= 0.3 is 0 Å². The lowest BCUT2D eigenvalue weighted by Crippen LogP contribution is -2.34. The van der Waals surface area contributed by atoms with E-state index in [2.05, 4.69) is 49.2 Å². The number of halogens is 2. The van der Waals surface area contributed by atoms with Gasteiger partial charge in [-0.05, 0) is 42.4 Å². The Morgan fingerprint density at radius 3 is 2.78 bits per heavy atom. The van der Waals surface area contributed by atoms with Crippen LogP contribution in [0.2, 0.25) is 0 Å². The molecule has 1 fully saturated rings. The Balaban J connectivity index is 0.00000181. The van der Waals surface area contributed by atoms with E-state index in [4.69, 9.17) is 9.72 Å². The molecular formula is C23H34Cl2N4O2S. The summed E-state index contributed by atoms with van der Waals surface area (Å²) < 4.78 is 7.88. The molecule has 178 valence electrons. The third-order valence-corrected chi connectivity index (χ3v) is 6.50. The number of fused-ring (bicyclic) bond motifs is 3. The summed E-state index contributed by atoms with van der Waals surface area (Å²) >= 11 is 1.42. The van der Waals surface area contributed by atoms with E-state index in [9.17, 15) is 4.79 Å². The molecule has 9 heteroatoms. The zero-order valence-electron chi connectivity index (χ0n) is 19.2. The van der Waals surface area contributed by atoms with Crippen molar-refractivity contribution in [2.24, 2.45) is 5.41 Å². The number of rotatable bonds is 7. The molecule has 0 aliphatic carbocycles. The van der Waals surface area contributed by atoms with E-state index in [1.54, 1.807) is 7.05 Å². The Morgan fingerprint density at radius 1 is 1.34 bits per heavy atom. The van der Waals surface area contributed by atoms with Gasteiger partial charge in [0.15, 0.2) is 4.96 Å². The molecule has 1 aromatic carbocycles. The Labute approximate surface area is 206 Å². The summed E-state index contributed by atoms with van der Waals surface area (Å²) in [6, 6.07) is 6.50. The number of thiazole rings is 1. The molecule has 3 heterocycles. The first kappa shape index (κ1) is 26.9. The predicted molar refractivity (Wildman–Crippen MR) is 137 cm³/mol. The van der Waals surface area contributed by atoms with Crippen LogP contribution in [0.5, 0.6) is 0 Å². The highest BCUT2D eigenvalue weighted by Gasteiger charge is 2.21. The maximum Gasteiger partial charge on any atom is 0.262 e. The molecule has 0 bridgehead atoms. The summed E-state index contributed by atoms with van der Waals surface area (Å²) in [6.45, 7) is 10.8. The first-order valence-corrected chi connectivity index (χ1v) is 11.6. The summed E-state index contributed by atoms with van der Waals surface area (Å²) in [6.07, 6.45) is 5.78. The fourth-order valence-corrected chi connectivity index (χ4v) is 5.17. The van der Waals surface area contributed by atoms with Crippen LogP contribution in [-0.2, 0) is 11.3 Å². The number of carbonyl (C=O) groups excluding carboxylic acids is 1. The summed E-state index contributed by atoms with van der Waals surface area (Å²) in [5.41, 5.74) is 3.54. The van der Waals surface area contributed by atoms with Crippen molar-refractivity contribution in [3.05, 3.63) is 34.8 Å². The van der Waals surface area contributed by atoms with Gasteiger partial charge in [-0.1, -0.05) is 38.2 Å². The molecular weight excluding hydrogens is 467 g/mol. The first-order valence-electron chi connectivity index (χ1n) is 10.8. The maximum atomic E-state index is 12.0. The van der Waals surface area contributed by atoms with Gasteiger partial charge < -0.3 is 10.1 Å². The monoisotopic (exact) mass is 500 g/mol. The van der Waals surface area contributed by atoms with E-state index >= 15 is 0 Å². The van der Waals surface area contributed by atoms with Crippen molar-refractivity contribution in [2.75, 3.05) is 26.7 Å². The molecule has 0 radical (unpaired) electrons. The molecule has 32 heavy (non-hydrogen) atoms. The number of carbonyl (C=O) groups is 1. The first-order chi connectivity index (χ1) is 14.3. The highest BCUT2D eigenvalue weighted by molar-refractivity contribution is 7.18. The SMILES string of the molecule is CNC(=O)c1cn2c(nc3ccc(CN(CCC4CCCO4)CC(C)(C)C)cc32)s1.Cl.Cl. The zero-order valence-corrected chi connectivity index (χ0v) is 21.7. The number of imidazole rings is 1. The molecule has 1 unspecified atom stereocenters. The fraction of sp³-hybridized carbons (Fsp3) is 0.565. The van der Waals surface area contributed by atoms with Crippen molar-refractivity contribution in [1.29, 1.82) is 0 Å². The van der Waals surface area contributed by atoms with Gasteiger partial charge in [0, 0.05) is 39.5 Å². The second kappa shape index (κ2) is 11.2. The summed E-state index contributed by atoms with van der Waals surface area (Å²) in [5, 5.41) is 2.69. The van der Waals surface area contributed by atoms with E-state index in [-0.39, 0.29) is 36.1 Å². The predicted octanol–water partition coefficient (Wildman–Crippen LogP) is 5.17. The van der Waals surface area contributed by atoms with E-state index in [0.717, 1.165) is 48.7 Å². The number of hydrogen-bond donors (Lipinski definition) is 1. The summed E-state index contributed by atoms with van der Waals surface area (Å²) in [5.74, 6) is -0.0692. The Morgan fingerprint density at radius 2 is 2.12 bits per heavy atom. The van der Waals surface area contributed by atoms with Gasteiger partial charge in [0.05, 0.1) is 17.1 Å². The minimum Gasteiger partial charge on any atom is -0.378 e. The lowest BCUT2D eigenvalue weighted by Gasteiger charge is -2.30. The van der Waals surface area contributed by atoms with Crippen LogP contribution in [0, 0.1) is 5.41 Å². The normalized spacial score (nSPS) is 16.3. The molecule has 1 atom stereocenters. The van der Waals surface area contributed by atoms with Crippen molar-refractivity contribution >= 4 is 58.1 Å². The van der Waals surface area contributed by atoms with Crippen LogP contribution >= 0.6 is 36.2 Å². The quantitative estimate of drug-likeness (QED) is 0.486. The van der Waals surface area contributed by atoms with Crippen molar-refractivity contribution in [2.45, 2.75) is 52.7 Å². The molecule has 1 aliphatic rings. The molecule has 1 amide bonds. The Kier molecular flexibility index (Phi) is 9.37. The van der Waals surface area contributed by atoms with Crippen LogP contribution in [0.4, 0.5) is 0 Å². The second-order valence-electron chi connectivity index (χ2n) is 9.46. The minimum absolute atomic E-state index is 0. The molecule has 1 N–H and O–H groups in total. The molecule has 3 aromatic rings. The van der Waals surface area contributed by atoms with Crippen molar-refractivity contribution in [3.8, 4) is 0 Å². The smallest absolute Gasteiger partial charge is 0.262 e. The van der Waals surface area contributed by atoms with Gasteiger partial charge in [0.25, 0.3) is 5.91 Å². The number of nitrogens with one attached hydrogen (secondary N) is 1. The van der Waals surface area contributed by atoms with Gasteiger partial charge in [0.1, 0.15) is 4.88 Å². The van der Waals surface area contributed by atoms with Gasteiger partial charge in [0.2, 0.25) is 0 Å². The minimum atomic E-state index is -0.0692. The molecule has 1 saturated heterocycles. The van der Waals surface area contributed by atoms with E-state index in [1.807, 2.05) is 10.6 Å². The van der Waals surface area contributed by atoms with Crippen molar-refractivity contribution in [1.82, 2.24) is 19.6 Å². The lowest BCUT2D eigenvalue weighted by atomic mass is 9.95. The highest BCUT2D eigenvalue weighted by Crippen LogP contribution is 2.26. The van der Waals surface area contributed by atoms with E-state index < -0.39 is 0 Å². The van der Waals surface area contributed by atoms with Crippen molar-refractivity contribution in [3.63, 3.8) is 0 Å². The lowest BCUT2D eigenvalue weighted by molar-refractivity contribution is 0.0841. The Bertz CT molecular complexity index is 1040. The second-order valence-corrected chi connectivity index (χ2v) is 10.5. The van der Waals surface area contributed by atoms with Crippen LogP contribution in [0.25, 0.3) is 16.0 Å². The maximum absolute atomic E-state index is 12.0. The molecule has 1 aliphatic heterocycles. The third kappa shape index (κ3) is 6.35. The largest absolute Gasteiger partial charge is 0.378 e. The average Bonchev–Trinajstić information content (AvgIpc) is 3.40. The molecule has 0 saturated carbocycles. The van der Waals surface area contributed by atoms with E-state index in [1.165, 1.54) is 29.7 Å². The Hall–Kier alpha value is -1.38. The van der Waals surface area contributed by atoms with Crippen LogP contribution in [0.15, 0.2) is 24.4 Å². The summed E-state index contributed by atoms with van der Waals surface area (Å²) in [7, 11) is 1.65. The third-order valence-electron chi connectivity index (χ3n) is 5.52. The number of aromatic nitrogens is 2. The number of hydrogen-bond acceptors (Lipinski definition) is 5. The van der Waals surface area contributed by atoms with Crippen LogP contribution in [0.1, 0.15) is 55.3 Å². The van der Waals surface area contributed by atoms with E-state index in [0.29, 0.717) is 11.0 Å². The average molecular weight is 502 g/mol. The molecule has 0 spiro atoms. The topological polar surface area (TPSA) is 58.9 Å². The standard InChI is InChI=1S/C23H32N4O2S.2ClH/c1-23(2,3)15-26(10-9-17-6-5-11-29-17)13-16-7-8-18-19(12-16)27-14-20(21(28)24-4)30-22(27)25-18;;/h7-8,12,14,17H,5-6,9-11,13,15H2,1-4H3,(H,24,28);2*1H. The molecule has 4 rings (SSSR count). The molecule has 6 nitrogen and oxygen atoms in total. The van der Waals surface area contributed by atoms with Gasteiger partial charge in [-0.25, -0.2) is 4.98 Å². The number of nitrogens with zero attached hydrogens (tertiary/aromatic N) is 3. The number of amides is 1. The zero-order chi connectivity index (χ0) is 21.3. The van der Waals surface area contributed by atoms with Crippen LogP contribution in [-0.4, -0.2) is 53.0 Å². The number of benzene rings is 1. The fourth-order valence-electron chi connectivity index (χ4n) is 4.22. The van der Waals surface area contributed by atoms with Crippen molar-refractivity contribution < 1.29 is 9.53 Å². The number of ether oxygens (including phenoxy) is 1. The van der Waals surface area contributed by atoms with Crippen LogP contribution < -0.4 is 5.32 Å². The van der Waals surface area contributed by atoms with Crippen LogP contribution in [0.3, 0.4) is 0 Å². The summed E-state index contributed by atoms with van der Waals surface area (Å²) in [4.78, 5) is 20.8.